The Morgan fingerprint density at radius 1 is 1.24 bits per heavy atom. The lowest BCUT2D eigenvalue weighted by molar-refractivity contribution is -0.143. The van der Waals surface area contributed by atoms with E-state index in [1.54, 1.807) is 29.2 Å². The van der Waals surface area contributed by atoms with Crippen molar-refractivity contribution in [3.63, 3.8) is 0 Å². The highest BCUT2D eigenvalue weighted by Crippen LogP contribution is 2.38. The molecule has 2 amide bonds. The van der Waals surface area contributed by atoms with Gasteiger partial charge in [-0.1, -0.05) is 26.0 Å². The van der Waals surface area contributed by atoms with E-state index in [0.717, 1.165) is 0 Å². The van der Waals surface area contributed by atoms with Crippen LogP contribution in [0.1, 0.15) is 70.0 Å². The zero-order valence-electron chi connectivity index (χ0n) is 18.3. The third-order valence-corrected chi connectivity index (χ3v) is 4.91. The van der Waals surface area contributed by atoms with Crippen molar-refractivity contribution in [3.8, 4) is 0 Å². The molecule has 0 spiro atoms. The van der Waals surface area contributed by atoms with E-state index in [2.05, 4.69) is 5.32 Å². The van der Waals surface area contributed by atoms with Crippen molar-refractivity contribution >= 4 is 17.8 Å². The first-order valence-electron chi connectivity index (χ1n) is 9.97. The van der Waals surface area contributed by atoms with E-state index >= 15 is 0 Å². The number of nitrogens with one attached hydrogen (secondary N) is 1. The molecule has 160 valence electrons. The van der Waals surface area contributed by atoms with Gasteiger partial charge in [0.15, 0.2) is 6.10 Å². The Kier molecular flexibility index (Phi) is 7.06. The standard InChI is InChI=1S/C22H32N2O5/c1-13(2)11-17(21(27)28-7)23-19(25)16-10-8-9-15(12-16)18-20(26)24(14(3)4)22(5,6)29-18/h8-10,12-14,17-18H,11H2,1-7H3,(H,23,25)/t17-,18?/m0/s1. The van der Waals surface area contributed by atoms with Crippen LogP contribution in [0.2, 0.25) is 0 Å². The van der Waals surface area contributed by atoms with Gasteiger partial charge in [0.2, 0.25) is 0 Å². The van der Waals surface area contributed by atoms with Gasteiger partial charge in [0.05, 0.1) is 7.11 Å². The van der Waals surface area contributed by atoms with Crippen molar-refractivity contribution in [2.75, 3.05) is 7.11 Å². The van der Waals surface area contributed by atoms with Crippen LogP contribution >= 0.6 is 0 Å². The summed E-state index contributed by atoms with van der Waals surface area (Å²) in [5.74, 6) is -0.797. The third-order valence-electron chi connectivity index (χ3n) is 4.91. The van der Waals surface area contributed by atoms with Gasteiger partial charge in [-0.2, -0.15) is 0 Å². The molecular formula is C22H32N2O5. The molecule has 7 nitrogen and oxygen atoms in total. The molecule has 29 heavy (non-hydrogen) atoms. The van der Waals surface area contributed by atoms with E-state index in [1.165, 1.54) is 7.11 Å². The first-order valence-corrected chi connectivity index (χ1v) is 9.97. The second-order valence-corrected chi connectivity index (χ2v) is 8.55. The predicted molar refractivity (Wildman–Crippen MR) is 109 cm³/mol. The van der Waals surface area contributed by atoms with Gasteiger partial charge in [0.1, 0.15) is 11.8 Å². The summed E-state index contributed by atoms with van der Waals surface area (Å²) >= 11 is 0. The number of ether oxygens (including phenoxy) is 2. The molecule has 1 heterocycles. The normalized spacial score (nSPS) is 19.6. The lowest BCUT2D eigenvalue weighted by Gasteiger charge is -2.32. The largest absolute Gasteiger partial charge is 0.467 e. The van der Waals surface area contributed by atoms with Crippen molar-refractivity contribution in [2.24, 2.45) is 5.92 Å². The van der Waals surface area contributed by atoms with E-state index in [9.17, 15) is 14.4 Å². The molecule has 1 aliphatic heterocycles. The Balaban J connectivity index is 2.24. The molecule has 1 aromatic carbocycles. The van der Waals surface area contributed by atoms with Gasteiger partial charge in [-0.25, -0.2) is 4.79 Å². The summed E-state index contributed by atoms with van der Waals surface area (Å²) in [6.45, 7) is 11.5. The van der Waals surface area contributed by atoms with E-state index in [-0.39, 0.29) is 17.9 Å². The van der Waals surface area contributed by atoms with Crippen molar-refractivity contribution in [3.05, 3.63) is 35.4 Å². The Morgan fingerprint density at radius 2 is 1.90 bits per heavy atom. The zero-order chi connectivity index (χ0) is 21.9. The van der Waals surface area contributed by atoms with E-state index in [1.807, 2.05) is 41.5 Å². The van der Waals surface area contributed by atoms with Crippen LogP contribution in [0.25, 0.3) is 0 Å². The number of carbonyl (C=O) groups excluding carboxylic acids is 3. The second-order valence-electron chi connectivity index (χ2n) is 8.55. The molecule has 7 heteroatoms. The fourth-order valence-electron chi connectivity index (χ4n) is 3.79. The Labute approximate surface area is 172 Å². The maximum Gasteiger partial charge on any atom is 0.328 e. The molecule has 1 fully saturated rings. The number of hydrogen-bond donors (Lipinski definition) is 1. The molecule has 0 bridgehead atoms. The Bertz CT molecular complexity index is 772. The lowest BCUT2D eigenvalue weighted by atomic mass is 10.0. The fourth-order valence-corrected chi connectivity index (χ4v) is 3.79. The Hall–Kier alpha value is -2.41. The Morgan fingerprint density at radius 3 is 2.41 bits per heavy atom. The molecule has 2 rings (SSSR count). The smallest absolute Gasteiger partial charge is 0.328 e. The minimum atomic E-state index is -0.771. The topological polar surface area (TPSA) is 84.9 Å². The predicted octanol–water partition coefficient (Wildman–Crippen LogP) is 3.05. The van der Waals surface area contributed by atoms with Crippen molar-refractivity contribution in [1.82, 2.24) is 10.2 Å². The van der Waals surface area contributed by atoms with Gasteiger partial charge in [-0.05, 0) is 57.7 Å². The highest BCUT2D eigenvalue weighted by atomic mass is 16.6. The van der Waals surface area contributed by atoms with Crippen LogP contribution in [0, 0.1) is 5.92 Å². The number of benzene rings is 1. The van der Waals surface area contributed by atoms with Gasteiger partial charge in [0.25, 0.3) is 11.8 Å². The van der Waals surface area contributed by atoms with E-state index in [4.69, 9.17) is 9.47 Å². The number of nitrogens with zero attached hydrogens (tertiary/aromatic N) is 1. The number of hydrogen-bond acceptors (Lipinski definition) is 5. The average molecular weight is 405 g/mol. The summed E-state index contributed by atoms with van der Waals surface area (Å²) in [7, 11) is 1.30. The molecule has 1 aromatic rings. The maximum atomic E-state index is 12.9. The molecule has 1 N–H and O–H groups in total. The molecule has 0 saturated carbocycles. The van der Waals surface area contributed by atoms with Crippen LogP contribution in [0.3, 0.4) is 0 Å². The molecular weight excluding hydrogens is 372 g/mol. The molecule has 0 aliphatic carbocycles. The summed E-state index contributed by atoms with van der Waals surface area (Å²) in [5.41, 5.74) is 0.233. The first-order chi connectivity index (χ1) is 13.5. The van der Waals surface area contributed by atoms with Gasteiger partial charge in [-0.15, -0.1) is 0 Å². The number of esters is 1. The molecule has 1 unspecified atom stereocenters. The number of carbonyl (C=O) groups is 3. The van der Waals surface area contributed by atoms with Crippen LogP contribution in [-0.2, 0) is 19.1 Å². The van der Waals surface area contributed by atoms with Crippen LogP contribution in [-0.4, -0.2) is 47.6 Å². The molecule has 0 aromatic heterocycles. The van der Waals surface area contributed by atoms with Gasteiger partial charge < -0.3 is 19.7 Å². The zero-order valence-corrected chi connectivity index (χ0v) is 18.3. The van der Waals surface area contributed by atoms with Gasteiger partial charge >= 0.3 is 5.97 Å². The van der Waals surface area contributed by atoms with Crippen molar-refractivity contribution in [1.29, 1.82) is 0 Å². The van der Waals surface area contributed by atoms with Crippen LogP contribution in [0.15, 0.2) is 24.3 Å². The SMILES string of the molecule is COC(=O)[C@H](CC(C)C)NC(=O)c1cccc(C2OC(C)(C)N(C(C)C)C2=O)c1. The molecule has 0 radical (unpaired) electrons. The van der Waals surface area contributed by atoms with Crippen LogP contribution in [0.5, 0.6) is 0 Å². The van der Waals surface area contributed by atoms with Crippen molar-refractivity contribution in [2.45, 2.75) is 71.9 Å². The molecule has 2 atom stereocenters. The lowest BCUT2D eigenvalue weighted by Crippen LogP contribution is -2.46. The van der Waals surface area contributed by atoms with Crippen molar-refractivity contribution < 1.29 is 23.9 Å². The summed E-state index contributed by atoms with van der Waals surface area (Å²) < 4.78 is 10.8. The highest BCUT2D eigenvalue weighted by molar-refractivity contribution is 5.97. The first kappa shape index (κ1) is 22.9. The van der Waals surface area contributed by atoms with E-state index in [0.29, 0.717) is 17.5 Å². The van der Waals surface area contributed by atoms with Crippen LogP contribution in [0.4, 0.5) is 0 Å². The summed E-state index contributed by atoms with van der Waals surface area (Å²) in [5, 5.41) is 2.74. The minimum absolute atomic E-state index is 0.00849. The summed E-state index contributed by atoms with van der Waals surface area (Å²) in [6, 6.07) is 6.03. The summed E-state index contributed by atoms with van der Waals surface area (Å²) in [4.78, 5) is 39.4. The van der Waals surface area contributed by atoms with Gasteiger partial charge in [-0.3, -0.25) is 9.59 Å². The van der Waals surface area contributed by atoms with Gasteiger partial charge in [0, 0.05) is 11.6 Å². The second kappa shape index (κ2) is 8.95. The monoisotopic (exact) mass is 404 g/mol. The number of amides is 2. The number of rotatable bonds is 7. The minimum Gasteiger partial charge on any atom is -0.467 e. The van der Waals surface area contributed by atoms with E-state index < -0.39 is 29.7 Å². The third kappa shape index (κ3) is 5.15. The number of methoxy groups -OCH3 is 1. The van der Waals surface area contributed by atoms with Crippen LogP contribution < -0.4 is 5.32 Å². The highest BCUT2D eigenvalue weighted by Gasteiger charge is 2.47. The fraction of sp³-hybridized carbons (Fsp3) is 0.591. The summed E-state index contributed by atoms with van der Waals surface area (Å²) in [6.07, 6.45) is -0.299. The molecule has 1 aliphatic rings. The quantitative estimate of drug-likeness (QED) is 0.706. The average Bonchev–Trinajstić information content (AvgIpc) is 2.89. The maximum absolute atomic E-state index is 12.9. The molecule has 1 saturated heterocycles.